The van der Waals surface area contributed by atoms with Gasteiger partial charge in [0.1, 0.15) is 0 Å². The summed E-state index contributed by atoms with van der Waals surface area (Å²) in [4.78, 5) is 34.2. The molecule has 0 radical (unpaired) electrons. The van der Waals surface area contributed by atoms with Crippen molar-refractivity contribution in [2.75, 3.05) is 33.4 Å². The van der Waals surface area contributed by atoms with E-state index in [1.807, 2.05) is 35.2 Å². The number of hydrogen-bond donors (Lipinski definition) is 5. The van der Waals surface area contributed by atoms with Gasteiger partial charge in [0.15, 0.2) is 0 Å². The highest BCUT2D eigenvalue weighted by Crippen LogP contribution is 2.39. The summed E-state index contributed by atoms with van der Waals surface area (Å²) in [5.74, 6) is -1.83. The SMILES string of the molecule is COCCCC[C@@](O)(c1ccccc1)[C@@H]1CCCN(C(=O)N[C@H](CN)CC2CCCCC2)C1.O=C(O)/C=C/C(=O)O. The van der Waals surface area contributed by atoms with E-state index in [-0.39, 0.29) is 18.0 Å². The van der Waals surface area contributed by atoms with E-state index in [0.29, 0.717) is 44.2 Å². The molecule has 1 saturated heterocycles. The molecule has 6 N–H and O–H groups in total. The van der Waals surface area contributed by atoms with Crippen molar-refractivity contribution in [1.29, 1.82) is 0 Å². The normalized spacial score (nSPS) is 20.0. The molecule has 3 rings (SSSR count). The zero-order chi connectivity index (χ0) is 30.1. The van der Waals surface area contributed by atoms with Crippen LogP contribution in [-0.2, 0) is 19.9 Å². The number of benzene rings is 1. The Morgan fingerprint density at radius 1 is 1.05 bits per heavy atom. The number of nitrogens with two attached hydrogens (primary N) is 1. The Morgan fingerprint density at radius 3 is 2.29 bits per heavy atom. The van der Waals surface area contributed by atoms with E-state index < -0.39 is 17.5 Å². The molecule has 0 unspecified atom stereocenters. The minimum atomic E-state index is -1.26. The maximum atomic E-state index is 13.2. The number of urea groups is 1. The molecule has 1 aromatic carbocycles. The number of methoxy groups -OCH3 is 1. The summed E-state index contributed by atoms with van der Waals surface area (Å²) in [6, 6.07) is 9.99. The number of unbranched alkanes of at least 4 members (excludes halogenated alkanes) is 1. The molecule has 1 saturated carbocycles. The van der Waals surface area contributed by atoms with Crippen LogP contribution in [0.2, 0.25) is 0 Å². The Balaban J connectivity index is 0.000000642. The molecule has 2 fully saturated rings. The topological polar surface area (TPSA) is 162 Å². The molecule has 2 amide bonds. The highest BCUT2D eigenvalue weighted by molar-refractivity contribution is 5.89. The highest BCUT2D eigenvalue weighted by Gasteiger charge is 2.41. The smallest absolute Gasteiger partial charge is 0.328 e. The van der Waals surface area contributed by atoms with Crippen LogP contribution in [0.3, 0.4) is 0 Å². The minimum Gasteiger partial charge on any atom is -0.478 e. The van der Waals surface area contributed by atoms with Gasteiger partial charge in [-0.2, -0.15) is 0 Å². The van der Waals surface area contributed by atoms with Crippen LogP contribution in [-0.4, -0.2) is 77.6 Å². The number of carbonyl (C=O) groups excluding carboxylic acids is 1. The van der Waals surface area contributed by atoms with Crippen molar-refractivity contribution in [2.45, 2.75) is 82.3 Å². The second-order valence-electron chi connectivity index (χ2n) is 11.2. The minimum absolute atomic E-state index is 0.0108. The molecule has 1 aromatic rings. The molecule has 2 aliphatic rings. The van der Waals surface area contributed by atoms with Crippen molar-refractivity contribution in [3.8, 4) is 0 Å². The number of aliphatic hydroxyl groups is 1. The van der Waals surface area contributed by atoms with Crippen LogP contribution in [0.15, 0.2) is 42.5 Å². The van der Waals surface area contributed by atoms with Crippen LogP contribution in [0, 0.1) is 11.8 Å². The van der Waals surface area contributed by atoms with Gasteiger partial charge in [0, 0.05) is 57.5 Å². The number of nitrogens with one attached hydrogen (secondary N) is 1. The van der Waals surface area contributed by atoms with Gasteiger partial charge in [-0.05, 0) is 50.0 Å². The fourth-order valence-corrected chi connectivity index (χ4v) is 5.95. The van der Waals surface area contributed by atoms with E-state index >= 15 is 0 Å². The van der Waals surface area contributed by atoms with E-state index in [9.17, 15) is 19.5 Å². The van der Waals surface area contributed by atoms with Gasteiger partial charge >= 0.3 is 18.0 Å². The van der Waals surface area contributed by atoms with Crippen LogP contribution < -0.4 is 11.1 Å². The molecule has 0 bridgehead atoms. The van der Waals surface area contributed by atoms with Gasteiger partial charge in [0.25, 0.3) is 0 Å². The molecule has 1 aliphatic heterocycles. The summed E-state index contributed by atoms with van der Waals surface area (Å²) in [7, 11) is 1.71. The summed E-state index contributed by atoms with van der Waals surface area (Å²) in [5, 5.41) is 30.8. The lowest BCUT2D eigenvalue weighted by atomic mass is 9.74. The highest BCUT2D eigenvalue weighted by atomic mass is 16.5. The monoisotopic (exact) mass is 575 g/mol. The quantitative estimate of drug-likeness (QED) is 0.173. The number of nitrogens with zero attached hydrogens (tertiary/aromatic N) is 1. The molecule has 10 heteroatoms. The fraction of sp³-hybridized carbons (Fsp3) is 0.645. The van der Waals surface area contributed by atoms with Gasteiger partial charge in [-0.15, -0.1) is 0 Å². The lowest BCUT2D eigenvalue weighted by Gasteiger charge is -2.43. The Labute approximate surface area is 243 Å². The number of aliphatic carboxylic acids is 2. The molecule has 41 heavy (non-hydrogen) atoms. The van der Waals surface area contributed by atoms with E-state index in [1.165, 1.54) is 32.1 Å². The van der Waals surface area contributed by atoms with E-state index in [2.05, 4.69) is 5.32 Å². The molecule has 1 heterocycles. The van der Waals surface area contributed by atoms with Crippen molar-refractivity contribution in [3.63, 3.8) is 0 Å². The molecule has 1 aliphatic carbocycles. The predicted octanol–water partition coefficient (Wildman–Crippen LogP) is 4.12. The fourth-order valence-electron chi connectivity index (χ4n) is 5.95. The van der Waals surface area contributed by atoms with E-state index in [4.69, 9.17) is 20.7 Å². The first-order valence-corrected chi connectivity index (χ1v) is 14.9. The predicted molar refractivity (Wildman–Crippen MR) is 157 cm³/mol. The number of carboxylic acids is 2. The van der Waals surface area contributed by atoms with Crippen molar-refractivity contribution in [3.05, 3.63) is 48.0 Å². The lowest BCUT2D eigenvalue weighted by molar-refractivity contribution is -0.134. The van der Waals surface area contributed by atoms with Gasteiger partial charge in [-0.25, -0.2) is 14.4 Å². The van der Waals surface area contributed by atoms with Crippen LogP contribution >= 0.6 is 0 Å². The van der Waals surface area contributed by atoms with Gasteiger partial charge in [0.05, 0.1) is 5.60 Å². The Kier molecular flexibility index (Phi) is 15.4. The van der Waals surface area contributed by atoms with E-state index in [1.54, 1.807) is 7.11 Å². The molecule has 230 valence electrons. The molecule has 10 nitrogen and oxygen atoms in total. The molecule has 0 aromatic heterocycles. The number of amides is 2. The third kappa shape index (κ3) is 12.2. The van der Waals surface area contributed by atoms with Gasteiger partial charge < -0.3 is 36.0 Å². The average molecular weight is 576 g/mol. The Bertz CT molecular complexity index is 936. The van der Waals surface area contributed by atoms with Crippen molar-refractivity contribution >= 4 is 18.0 Å². The van der Waals surface area contributed by atoms with Gasteiger partial charge in [0.2, 0.25) is 0 Å². The van der Waals surface area contributed by atoms with Gasteiger partial charge in [-0.1, -0.05) is 62.4 Å². The number of carboxylic acid groups (broad SMARTS) is 2. The first-order valence-electron chi connectivity index (χ1n) is 14.9. The molecule has 3 atom stereocenters. The standard InChI is InChI=1S/C27H45N3O3.C4H4O4/c1-33-18-9-8-16-27(32,23-13-6-3-7-14-23)24-15-10-17-30(21-24)26(31)29-25(20-28)19-22-11-4-2-5-12-22;5-3(6)1-2-4(7)8/h3,6-7,13-14,22,24-25,32H,2,4-5,8-12,15-21,28H2,1H3,(H,29,31);1-2H,(H,5,6)(H,7,8)/b;2-1+/t24-,25+,27-;/m1./s1. The third-order valence-electron chi connectivity index (χ3n) is 8.14. The summed E-state index contributed by atoms with van der Waals surface area (Å²) in [6.07, 6.45) is 12.8. The van der Waals surface area contributed by atoms with Gasteiger partial charge in [-0.3, -0.25) is 0 Å². The van der Waals surface area contributed by atoms with E-state index in [0.717, 1.165) is 44.2 Å². The summed E-state index contributed by atoms with van der Waals surface area (Å²) in [6.45, 7) is 2.48. The number of carbonyl (C=O) groups is 3. The summed E-state index contributed by atoms with van der Waals surface area (Å²) in [5.41, 5.74) is 6.05. The number of rotatable bonds is 13. The van der Waals surface area contributed by atoms with Crippen LogP contribution in [0.4, 0.5) is 4.79 Å². The number of likely N-dealkylation sites (tertiary alicyclic amines) is 1. The molecular formula is C31H49N3O7. The molecular weight excluding hydrogens is 526 g/mol. The second-order valence-corrected chi connectivity index (χ2v) is 11.2. The summed E-state index contributed by atoms with van der Waals surface area (Å²) < 4.78 is 5.21. The zero-order valence-corrected chi connectivity index (χ0v) is 24.4. The first-order chi connectivity index (χ1) is 19.7. The maximum absolute atomic E-state index is 13.2. The zero-order valence-electron chi connectivity index (χ0n) is 24.4. The van der Waals surface area contributed by atoms with Crippen LogP contribution in [0.5, 0.6) is 0 Å². The molecule has 0 spiro atoms. The van der Waals surface area contributed by atoms with Crippen molar-refractivity contribution in [2.24, 2.45) is 17.6 Å². The first kappa shape index (κ1) is 34.3. The number of hydrogen-bond acceptors (Lipinski definition) is 6. The lowest BCUT2D eigenvalue weighted by Crippen LogP contribution is -2.53. The van der Waals surface area contributed by atoms with Crippen LogP contribution in [0.25, 0.3) is 0 Å². The Hall–Kier alpha value is -2.95. The number of ether oxygens (including phenoxy) is 1. The second kappa shape index (κ2) is 18.5. The van der Waals surface area contributed by atoms with Crippen molar-refractivity contribution in [1.82, 2.24) is 10.2 Å². The van der Waals surface area contributed by atoms with Crippen molar-refractivity contribution < 1.29 is 34.4 Å². The Morgan fingerprint density at radius 2 is 1.71 bits per heavy atom. The summed E-state index contributed by atoms with van der Waals surface area (Å²) >= 11 is 0. The largest absolute Gasteiger partial charge is 0.478 e. The number of piperidine rings is 1. The maximum Gasteiger partial charge on any atom is 0.328 e. The van der Waals surface area contributed by atoms with Crippen LogP contribution in [0.1, 0.15) is 76.2 Å². The third-order valence-corrected chi connectivity index (χ3v) is 8.14. The average Bonchev–Trinajstić information content (AvgIpc) is 2.99.